The van der Waals surface area contributed by atoms with Gasteiger partial charge in [0.2, 0.25) is 5.91 Å². The zero-order valence-electron chi connectivity index (χ0n) is 13.8. The number of carbonyl (C=O) groups excluding carboxylic acids is 1. The first-order valence-electron chi connectivity index (χ1n) is 8.84. The molecule has 0 bridgehead atoms. The van der Waals surface area contributed by atoms with Crippen LogP contribution < -0.4 is 11.4 Å². The number of aromatic nitrogens is 2. The molecule has 1 aliphatic carbocycles. The van der Waals surface area contributed by atoms with E-state index in [9.17, 15) is 9.59 Å². The highest BCUT2D eigenvalue weighted by atomic mass is 16.2. The van der Waals surface area contributed by atoms with Crippen molar-refractivity contribution < 1.29 is 4.79 Å². The van der Waals surface area contributed by atoms with Crippen LogP contribution in [0.5, 0.6) is 0 Å². The normalized spacial score (nSPS) is 26.2. The zero-order chi connectivity index (χ0) is 16.7. The molecule has 0 spiro atoms. The van der Waals surface area contributed by atoms with Gasteiger partial charge in [0.05, 0.1) is 11.0 Å². The first-order valence-corrected chi connectivity index (χ1v) is 8.84. The minimum absolute atomic E-state index is 0.185. The molecular weight excluding hydrogens is 304 g/mol. The second kappa shape index (κ2) is 6.09. The number of benzene rings is 1. The third-order valence-electron chi connectivity index (χ3n) is 5.70. The van der Waals surface area contributed by atoms with Crippen LogP contribution in [0.4, 0.5) is 0 Å². The lowest BCUT2D eigenvalue weighted by Gasteiger charge is -2.18. The molecule has 6 nitrogen and oxygen atoms in total. The molecule has 1 aromatic heterocycles. The van der Waals surface area contributed by atoms with Crippen LogP contribution in [0.2, 0.25) is 0 Å². The summed E-state index contributed by atoms with van der Waals surface area (Å²) in [6.45, 7) is 1.74. The van der Waals surface area contributed by atoms with E-state index in [4.69, 9.17) is 5.73 Å². The molecule has 2 aromatic rings. The van der Waals surface area contributed by atoms with E-state index in [2.05, 4.69) is 9.97 Å². The number of nitrogens with one attached hydrogen (secondary N) is 2. The average molecular weight is 328 g/mol. The molecule has 0 radical (unpaired) electrons. The van der Waals surface area contributed by atoms with Crippen molar-refractivity contribution in [1.82, 2.24) is 14.9 Å². The Hall–Kier alpha value is -2.08. The Morgan fingerprint density at radius 1 is 1.21 bits per heavy atom. The number of fused-ring (bicyclic) bond motifs is 2. The van der Waals surface area contributed by atoms with Gasteiger partial charge in [-0.1, -0.05) is 6.07 Å². The molecule has 6 heteroatoms. The van der Waals surface area contributed by atoms with Crippen LogP contribution in [-0.4, -0.2) is 39.9 Å². The second-order valence-electron chi connectivity index (χ2n) is 7.28. The van der Waals surface area contributed by atoms with Crippen LogP contribution in [0.15, 0.2) is 23.0 Å². The van der Waals surface area contributed by atoms with E-state index in [1.165, 1.54) is 6.42 Å². The van der Waals surface area contributed by atoms with Crippen LogP contribution in [0.3, 0.4) is 0 Å². The number of carbonyl (C=O) groups is 1. The zero-order valence-corrected chi connectivity index (χ0v) is 13.8. The van der Waals surface area contributed by atoms with Gasteiger partial charge in [0.1, 0.15) is 0 Å². The number of imidazole rings is 1. The lowest BCUT2D eigenvalue weighted by atomic mass is 9.98. The number of aromatic amines is 2. The first kappa shape index (κ1) is 15.4. The molecule has 2 fully saturated rings. The quantitative estimate of drug-likeness (QED) is 0.791. The molecule has 1 amide bonds. The van der Waals surface area contributed by atoms with Crippen molar-refractivity contribution in [2.45, 2.75) is 38.1 Å². The van der Waals surface area contributed by atoms with E-state index in [0.29, 0.717) is 18.3 Å². The van der Waals surface area contributed by atoms with Gasteiger partial charge in [0.25, 0.3) is 0 Å². The Labute approximate surface area is 140 Å². The van der Waals surface area contributed by atoms with Crippen LogP contribution in [0.25, 0.3) is 11.0 Å². The number of nitrogens with zero attached hydrogens (tertiary/aromatic N) is 1. The van der Waals surface area contributed by atoms with E-state index in [0.717, 1.165) is 48.9 Å². The highest BCUT2D eigenvalue weighted by Gasteiger charge is 2.42. The molecule has 24 heavy (non-hydrogen) atoms. The largest absolute Gasteiger partial charge is 0.342 e. The minimum Gasteiger partial charge on any atom is -0.342 e. The average Bonchev–Trinajstić information content (AvgIpc) is 3.22. The van der Waals surface area contributed by atoms with Crippen molar-refractivity contribution in [1.29, 1.82) is 0 Å². The molecular formula is C18H24N4O2. The van der Waals surface area contributed by atoms with Gasteiger partial charge in [0.15, 0.2) is 0 Å². The Bertz CT molecular complexity index is 809. The summed E-state index contributed by atoms with van der Waals surface area (Å²) in [4.78, 5) is 31.2. The van der Waals surface area contributed by atoms with Crippen molar-refractivity contribution >= 4 is 16.9 Å². The van der Waals surface area contributed by atoms with E-state index in [1.807, 2.05) is 23.1 Å². The number of hydrogen-bond donors (Lipinski definition) is 3. The maximum atomic E-state index is 12.4. The monoisotopic (exact) mass is 328 g/mol. The lowest BCUT2D eigenvalue weighted by molar-refractivity contribution is -0.130. The van der Waals surface area contributed by atoms with Crippen LogP contribution in [0.1, 0.15) is 31.2 Å². The van der Waals surface area contributed by atoms with Gasteiger partial charge < -0.3 is 20.6 Å². The Morgan fingerprint density at radius 3 is 2.88 bits per heavy atom. The molecule has 3 unspecified atom stereocenters. The van der Waals surface area contributed by atoms with Crippen molar-refractivity contribution in [2.24, 2.45) is 17.6 Å². The highest BCUT2D eigenvalue weighted by Crippen LogP contribution is 2.37. The van der Waals surface area contributed by atoms with Gasteiger partial charge >= 0.3 is 5.69 Å². The van der Waals surface area contributed by atoms with E-state index >= 15 is 0 Å². The number of aryl methyl sites for hydroxylation is 1. The maximum Gasteiger partial charge on any atom is 0.323 e. The minimum atomic E-state index is -0.185. The highest BCUT2D eigenvalue weighted by molar-refractivity contribution is 5.77. The molecule has 128 valence electrons. The van der Waals surface area contributed by atoms with E-state index in [-0.39, 0.29) is 17.6 Å². The van der Waals surface area contributed by atoms with E-state index in [1.54, 1.807) is 0 Å². The third kappa shape index (κ3) is 2.86. The summed E-state index contributed by atoms with van der Waals surface area (Å²) >= 11 is 0. The van der Waals surface area contributed by atoms with Crippen LogP contribution in [-0.2, 0) is 11.2 Å². The number of nitrogens with two attached hydrogens (primary N) is 1. The Morgan fingerprint density at radius 2 is 2.04 bits per heavy atom. The summed E-state index contributed by atoms with van der Waals surface area (Å²) < 4.78 is 0. The number of H-pyrrole nitrogens is 2. The van der Waals surface area contributed by atoms with Crippen LogP contribution in [0, 0.1) is 11.8 Å². The summed E-state index contributed by atoms with van der Waals surface area (Å²) in [5.74, 6) is 1.39. The smallest absolute Gasteiger partial charge is 0.323 e. The summed E-state index contributed by atoms with van der Waals surface area (Å²) in [7, 11) is 0. The Balaban J connectivity index is 1.30. The predicted octanol–water partition coefficient (Wildman–Crippen LogP) is 1.37. The van der Waals surface area contributed by atoms with Crippen LogP contribution >= 0.6 is 0 Å². The second-order valence-corrected chi connectivity index (χ2v) is 7.28. The van der Waals surface area contributed by atoms with Gasteiger partial charge in [-0.25, -0.2) is 4.79 Å². The first-order chi connectivity index (χ1) is 11.6. The van der Waals surface area contributed by atoms with Crippen molar-refractivity contribution in [3.05, 3.63) is 34.2 Å². The number of rotatable bonds is 4. The van der Waals surface area contributed by atoms with Crippen molar-refractivity contribution in [3.63, 3.8) is 0 Å². The SMILES string of the molecule is NC1CCC2CN(C(=O)CCCc3ccc4[nH]c(=O)[nH]c4c3)CC12. The summed E-state index contributed by atoms with van der Waals surface area (Å²) in [6.07, 6.45) is 4.54. The van der Waals surface area contributed by atoms with Gasteiger partial charge in [-0.15, -0.1) is 0 Å². The number of amides is 1. The van der Waals surface area contributed by atoms with Gasteiger partial charge in [0, 0.05) is 25.6 Å². The van der Waals surface area contributed by atoms with Gasteiger partial charge in [-0.3, -0.25) is 4.79 Å². The molecule has 1 saturated carbocycles. The van der Waals surface area contributed by atoms with Gasteiger partial charge in [-0.05, 0) is 55.2 Å². The molecule has 1 aliphatic heterocycles. The summed E-state index contributed by atoms with van der Waals surface area (Å²) in [5, 5.41) is 0. The standard InChI is InChI=1S/C18H24N4O2/c19-14-6-5-12-9-22(10-13(12)14)17(23)3-1-2-11-4-7-15-16(8-11)21-18(24)20-15/h4,7-8,12-14H,1-3,5-6,9-10,19H2,(H2,20,21,24). The fourth-order valence-electron chi connectivity index (χ4n) is 4.35. The Kier molecular flexibility index (Phi) is 3.92. The molecule has 1 aromatic carbocycles. The topological polar surface area (TPSA) is 95.0 Å². The molecule has 4 rings (SSSR count). The summed E-state index contributed by atoms with van der Waals surface area (Å²) in [5.41, 5.74) is 8.74. The van der Waals surface area contributed by atoms with Crippen molar-refractivity contribution in [3.8, 4) is 0 Å². The predicted molar refractivity (Wildman–Crippen MR) is 92.6 cm³/mol. The third-order valence-corrected chi connectivity index (χ3v) is 5.70. The summed E-state index contributed by atoms with van der Waals surface area (Å²) in [6, 6.07) is 6.18. The molecule has 3 atom stereocenters. The molecule has 2 heterocycles. The fraction of sp³-hybridized carbons (Fsp3) is 0.556. The van der Waals surface area contributed by atoms with E-state index < -0.39 is 0 Å². The maximum absolute atomic E-state index is 12.4. The number of likely N-dealkylation sites (tertiary alicyclic amines) is 1. The molecule has 4 N–H and O–H groups in total. The molecule has 1 saturated heterocycles. The fourth-order valence-corrected chi connectivity index (χ4v) is 4.35. The number of hydrogen-bond acceptors (Lipinski definition) is 3. The van der Waals surface area contributed by atoms with Gasteiger partial charge in [-0.2, -0.15) is 0 Å². The lowest BCUT2D eigenvalue weighted by Crippen LogP contribution is -2.33. The van der Waals surface area contributed by atoms with Crippen molar-refractivity contribution in [2.75, 3.05) is 13.1 Å². The molecule has 2 aliphatic rings.